The maximum atomic E-state index is 13.5. The van der Waals surface area contributed by atoms with Gasteiger partial charge in [0.15, 0.2) is 21.2 Å². The van der Waals surface area contributed by atoms with Crippen molar-refractivity contribution in [1.29, 1.82) is 0 Å². The summed E-state index contributed by atoms with van der Waals surface area (Å²) in [5.41, 5.74) is 1.12. The molecular formula is C28H28Cl2N2O9. The fraction of sp³-hybridized carbons (Fsp3) is 0.464. The van der Waals surface area contributed by atoms with E-state index in [1.165, 1.54) is 21.3 Å². The molecule has 0 radical (unpaired) electrons. The molecule has 13 heteroatoms. The van der Waals surface area contributed by atoms with E-state index in [2.05, 4.69) is 0 Å². The largest absolute Gasteiger partial charge is 0.502 e. The van der Waals surface area contributed by atoms with Gasteiger partial charge in [0.2, 0.25) is 17.6 Å². The Morgan fingerprint density at radius 1 is 1.07 bits per heavy atom. The first-order valence-electron chi connectivity index (χ1n) is 12.9. The number of amides is 4. The fourth-order valence-electron chi connectivity index (χ4n) is 6.70. The molecule has 1 aromatic carbocycles. The van der Waals surface area contributed by atoms with Crippen LogP contribution < -0.4 is 9.47 Å². The molecule has 1 saturated carbocycles. The number of allylic oxidation sites excluding steroid dienone is 3. The number of carbonyl (C=O) groups is 5. The van der Waals surface area contributed by atoms with Crippen molar-refractivity contribution in [2.24, 2.45) is 23.7 Å². The Hall–Kier alpha value is -3.57. The first-order valence-corrected chi connectivity index (χ1v) is 13.7. The predicted molar refractivity (Wildman–Crippen MR) is 145 cm³/mol. The van der Waals surface area contributed by atoms with E-state index in [0.717, 1.165) is 9.80 Å². The summed E-state index contributed by atoms with van der Waals surface area (Å²) in [7, 11) is 4.06. The van der Waals surface area contributed by atoms with E-state index in [1.54, 1.807) is 30.4 Å². The smallest absolute Gasteiger partial charge is 0.305 e. The number of aliphatic carboxylic acids is 1. The highest BCUT2D eigenvalue weighted by Crippen LogP contribution is 2.63. The Morgan fingerprint density at radius 3 is 2.29 bits per heavy atom. The van der Waals surface area contributed by atoms with E-state index >= 15 is 0 Å². The molecule has 0 unspecified atom stereocenters. The number of carboxylic acids is 1. The van der Waals surface area contributed by atoms with Crippen LogP contribution in [0.25, 0.3) is 6.08 Å². The van der Waals surface area contributed by atoms with Crippen molar-refractivity contribution < 1.29 is 43.7 Å². The number of rotatable bonds is 7. The number of phenols is 1. The minimum Gasteiger partial charge on any atom is -0.502 e. The highest BCUT2D eigenvalue weighted by molar-refractivity contribution is 6.53. The second kappa shape index (κ2) is 10.1. The second-order valence-electron chi connectivity index (χ2n) is 10.6. The Bertz CT molecular complexity index is 1420. The van der Waals surface area contributed by atoms with Crippen LogP contribution in [0.4, 0.5) is 0 Å². The van der Waals surface area contributed by atoms with Gasteiger partial charge in [-0.25, -0.2) is 0 Å². The zero-order valence-electron chi connectivity index (χ0n) is 22.4. The third kappa shape index (κ3) is 4.04. The van der Waals surface area contributed by atoms with Gasteiger partial charge >= 0.3 is 5.97 Å². The second-order valence-corrected chi connectivity index (χ2v) is 11.9. The van der Waals surface area contributed by atoms with Crippen LogP contribution in [0.5, 0.6) is 17.2 Å². The Labute approximate surface area is 245 Å². The average molecular weight is 607 g/mol. The lowest BCUT2D eigenvalue weighted by Crippen LogP contribution is -2.60. The maximum Gasteiger partial charge on any atom is 0.305 e. The predicted octanol–water partition coefficient (Wildman–Crippen LogP) is 2.42. The normalized spacial score (nSPS) is 32.7. The SMILES string of the molecule is COc1cc(C=C[C@H]2C3=CC[C@@H]4C(=O)N(CCC(=O)O)C(=O)[C@@H]4[C@@H]3C[C@@]3(Cl)C(=O)N(C)C(=O)[C@@]23Cl)cc(OC)c1O. The van der Waals surface area contributed by atoms with Crippen molar-refractivity contribution in [3.63, 3.8) is 0 Å². The van der Waals surface area contributed by atoms with E-state index < -0.39 is 69.4 Å². The number of hydrogen-bond acceptors (Lipinski definition) is 8. The number of likely N-dealkylation sites (tertiary alicyclic amines) is 2. The quantitative estimate of drug-likeness (QED) is 0.271. The van der Waals surface area contributed by atoms with Crippen molar-refractivity contribution >= 4 is 58.9 Å². The van der Waals surface area contributed by atoms with Crippen molar-refractivity contribution in [2.75, 3.05) is 27.8 Å². The molecular weight excluding hydrogens is 579 g/mol. The Kier molecular flexibility index (Phi) is 7.10. The summed E-state index contributed by atoms with van der Waals surface area (Å²) >= 11 is 14.1. The molecule has 4 amide bonds. The lowest BCUT2D eigenvalue weighted by Gasteiger charge is -2.49. The van der Waals surface area contributed by atoms with E-state index in [-0.39, 0.29) is 36.6 Å². The first-order chi connectivity index (χ1) is 19.3. The summed E-state index contributed by atoms with van der Waals surface area (Å²) in [6.07, 6.45) is 4.66. The molecule has 11 nitrogen and oxygen atoms in total. The molecule has 2 aliphatic carbocycles. The zero-order chi connectivity index (χ0) is 30.0. The van der Waals surface area contributed by atoms with E-state index in [0.29, 0.717) is 11.1 Å². The number of nitrogens with zero attached hydrogens (tertiary/aromatic N) is 2. The summed E-state index contributed by atoms with van der Waals surface area (Å²) in [5, 5.41) is 19.4. The highest BCUT2D eigenvalue weighted by Gasteiger charge is 2.75. The summed E-state index contributed by atoms with van der Waals surface area (Å²) in [4.78, 5) is 62.8. The van der Waals surface area contributed by atoms with Crippen LogP contribution in [-0.2, 0) is 24.0 Å². The molecule has 0 spiro atoms. The standard InChI is InChI=1S/C28H28Cl2N2O9/c1-31-25(38)27(29)12-16-14(5-6-15-21(16)24(37)32(23(15)36)9-8-20(33)34)17(28(27,30)26(31)39)7-4-13-10-18(40-2)22(35)19(11-13)41-3/h4-5,7,10-11,15-17,21,35H,6,8-9,12H2,1-3H3,(H,33,34)/t15-,16+,17-,21-,27+,28-/m0/s1. The minimum atomic E-state index is -1.92. The van der Waals surface area contributed by atoms with Crippen molar-refractivity contribution in [2.45, 2.75) is 29.0 Å². The molecule has 2 heterocycles. The highest BCUT2D eigenvalue weighted by atomic mass is 35.5. The van der Waals surface area contributed by atoms with Gasteiger partial charge in [0.25, 0.3) is 11.8 Å². The monoisotopic (exact) mass is 606 g/mol. The zero-order valence-corrected chi connectivity index (χ0v) is 23.9. The summed E-state index contributed by atoms with van der Waals surface area (Å²) in [6, 6.07) is 3.09. The van der Waals surface area contributed by atoms with Gasteiger partial charge < -0.3 is 19.7 Å². The third-order valence-electron chi connectivity index (χ3n) is 8.69. The average Bonchev–Trinajstić information content (AvgIpc) is 3.26. The molecule has 6 atom stereocenters. The maximum absolute atomic E-state index is 13.5. The number of hydrogen-bond donors (Lipinski definition) is 2. The summed E-state index contributed by atoms with van der Waals surface area (Å²) < 4.78 is 10.5. The number of carbonyl (C=O) groups excluding carboxylic acids is 4. The van der Waals surface area contributed by atoms with E-state index in [9.17, 15) is 29.1 Å². The van der Waals surface area contributed by atoms with Gasteiger partial charge in [0.05, 0.1) is 32.5 Å². The van der Waals surface area contributed by atoms with Gasteiger partial charge in [-0.15, -0.1) is 23.2 Å². The van der Waals surface area contributed by atoms with Crippen LogP contribution >= 0.6 is 23.2 Å². The number of ether oxygens (including phenoxy) is 2. The third-order valence-corrected chi connectivity index (χ3v) is 10.1. The molecule has 0 aromatic heterocycles. The molecule has 5 rings (SSSR count). The lowest BCUT2D eigenvalue weighted by atomic mass is 9.57. The molecule has 2 saturated heterocycles. The van der Waals surface area contributed by atoms with Gasteiger partial charge in [-0.2, -0.15) is 0 Å². The lowest BCUT2D eigenvalue weighted by molar-refractivity contribution is -0.143. The summed E-state index contributed by atoms with van der Waals surface area (Å²) in [5.74, 6) is -6.73. The number of imide groups is 2. The molecule has 2 N–H and O–H groups in total. The number of halogens is 2. The van der Waals surface area contributed by atoms with Gasteiger partial charge in [-0.05, 0) is 36.5 Å². The molecule has 2 aliphatic heterocycles. The van der Waals surface area contributed by atoms with Crippen LogP contribution in [0.1, 0.15) is 24.8 Å². The van der Waals surface area contributed by atoms with Crippen LogP contribution in [-0.4, -0.2) is 87.2 Å². The van der Waals surface area contributed by atoms with Crippen molar-refractivity contribution in [1.82, 2.24) is 9.80 Å². The topological polar surface area (TPSA) is 151 Å². The van der Waals surface area contributed by atoms with Crippen LogP contribution in [0.15, 0.2) is 29.9 Å². The Balaban J connectivity index is 1.61. The molecule has 41 heavy (non-hydrogen) atoms. The van der Waals surface area contributed by atoms with Gasteiger partial charge in [-0.3, -0.25) is 33.8 Å². The number of carboxylic acid groups (broad SMARTS) is 1. The van der Waals surface area contributed by atoms with Gasteiger partial charge in [0.1, 0.15) is 0 Å². The van der Waals surface area contributed by atoms with Crippen LogP contribution in [0.3, 0.4) is 0 Å². The van der Waals surface area contributed by atoms with Gasteiger partial charge in [0, 0.05) is 19.5 Å². The number of benzene rings is 1. The van der Waals surface area contributed by atoms with Gasteiger partial charge in [-0.1, -0.05) is 23.8 Å². The Morgan fingerprint density at radius 2 is 1.71 bits per heavy atom. The molecule has 4 aliphatic rings. The number of alkyl halides is 2. The van der Waals surface area contributed by atoms with Crippen molar-refractivity contribution in [3.05, 3.63) is 35.4 Å². The summed E-state index contributed by atoms with van der Waals surface area (Å²) in [6.45, 7) is -0.262. The number of fused-ring (bicyclic) bond motifs is 4. The first kappa shape index (κ1) is 28.9. The van der Waals surface area contributed by atoms with Crippen molar-refractivity contribution in [3.8, 4) is 17.2 Å². The fourth-order valence-corrected chi connectivity index (χ4v) is 7.68. The molecule has 0 bridgehead atoms. The molecule has 218 valence electrons. The molecule has 3 fully saturated rings. The van der Waals surface area contributed by atoms with Crippen LogP contribution in [0.2, 0.25) is 0 Å². The number of phenolic OH excluding ortho intramolecular Hbond substituents is 1. The number of aromatic hydroxyl groups is 1. The van der Waals surface area contributed by atoms with E-state index in [4.69, 9.17) is 37.8 Å². The number of methoxy groups -OCH3 is 2. The molecule has 1 aromatic rings. The van der Waals surface area contributed by atoms with Crippen LogP contribution in [0, 0.1) is 23.7 Å². The minimum absolute atomic E-state index is 0.140. The van der Waals surface area contributed by atoms with E-state index in [1.807, 2.05) is 0 Å².